The third kappa shape index (κ3) is 4.78. The van der Waals surface area contributed by atoms with Gasteiger partial charge in [0, 0.05) is 19.6 Å². The average Bonchev–Trinajstić information content (AvgIpc) is 2.28. The molecule has 2 amide bonds. The number of carbonyl (C=O) groups excluding carboxylic acids is 1. The van der Waals surface area contributed by atoms with Gasteiger partial charge < -0.3 is 10.2 Å². The van der Waals surface area contributed by atoms with E-state index in [-0.39, 0.29) is 16.9 Å². The zero-order chi connectivity index (χ0) is 12.8. The lowest BCUT2D eigenvalue weighted by atomic mass is 9.86. The van der Waals surface area contributed by atoms with Crippen LogP contribution in [0.3, 0.4) is 0 Å². The Kier molecular flexibility index (Phi) is 6.17. The Balaban J connectivity index is 2.33. The zero-order valence-corrected chi connectivity index (χ0v) is 12.6. The maximum absolute atomic E-state index is 11.7. The van der Waals surface area contributed by atoms with Gasteiger partial charge in [-0.1, -0.05) is 0 Å². The van der Waals surface area contributed by atoms with E-state index < -0.39 is 0 Å². The van der Waals surface area contributed by atoms with Crippen molar-refractivity contribution in [2.45, 2.75) is 38.6 Å². The molecule has 0 bridgehead atoms. The summed E-state index contributed by atoms with van der Waals surface area (Å²) in [6.45, 7) is 2.68. The van der Waals surface area contributed by atoms with E-state index in [1.807, 2.05) is 18.9 Å². The summed E-state index contributed by atoms with van der Waals surface area (Å²) in [5, 5.41) is 2.88. The van der Waals surface area contributed by atoms with Crippen LogP contribution >= 0.6 is 10.9 Å². The molecule has 0 unspecified atom stereocenters. The second kappa shape index (κ2) is 7.14. The van der Waals surface area contributed by atoms with E-state index in [4.69, 9.17) is 0 Å². The van der Waals surface area contributed by atoms with Crippen molar-refractivity contribution in [3.63, 3.8) is 0 Å². The molecule has 0 spiro atoms. The number of nitrogens with zero attached hydrogens (tertiary/aromatic N) is 1. The predicted octanol–water partition coefficient (Wildman–Crippen LogP) is 2.47. The number of nitrogens with one attached hydrogen (secondary N) is 1. The molecule has 0 heterocycles. The van der Waals surface area contributed by atoms with E-state index in [1.54, 1.807) is 0 Å². The third-order valence-corrected chi connectivity index (χ3v) is 4.88. The molecule has 0 aliphatic heterocycles. The van der Waals surface area contributed by atoms with Gasteiger partial charge in [0.1, 0.15) is 0 Å². The van der Waals surface area contributed by atoms with Gasteiger partial charge in [0.25, 0.3) is 0 Å². The minimum absolute atomic E-state index is 0.0872. The lowest BCUT2D eigenvalue weighted by Gasteiger charge is -2.35. The summed E-state index contributed by atoms with van der Waals surface area (Å²) in [4.78, 5) is 13.6. The van der Waals surface area contributed by atoms with Crippen molar-refractivity contribution in [1.82, 2.24) is 10.2 Å². The smallest absolute Gasteiger partial charge is 0.317 e. The second-order valence-corrected chi connectivity index (χ2v) is 7.91. The summed E-state index contributed by atoms with van der Waals surface area (Å²) in [5.41, 5.74) is 0. The second-order valence-electron chi connectivity index (χ2n) is 5.38. The Hall–Kier alpha value is -0.380. The molecule has 1 fully saturated rings. The molecule has 0 aromatic carbocycles. The van der Waals surface area contributed by atoms with E-state index >= 15 is 0 Å². The minimum Gasteiger partial charge on any atom is -0.338 e. The summed E-state index contributed by atoms with van der Waals surface area (Å²) < 4.78 is 0. The van der Waals surface area contributed by atoms with Gasteiger partial charge in [-0.15, -0.1) is 0 Å². The predicted molar refractivity (Wildman–Crippen MR) is 78.3 cm³/mol. The molecule has 1 rings (SSSR count). The van der Waals surface area contributed by atoms with Crippen LogP contribution in [0.5, 0.6) is 0 Å². The van der Waals surface area contributed by atoms with Crippen molar-refractivity contribution in [3.8, 4) is 0 Å². The fourth-order valence-corrected chi connectivity index (χ4v) is 4.07. The first kappa shape index (κ1) is 14.7. The van der Waals surface area contributed by atoms with Gasteiger partial charge in [0.15, 0.2) is 0 Å². The van der Waals surface area contributed by atoms with Gasteiger partial charge in [-0.25, -0.2) is 4.79 Å². The van der Waals surface area contributed by atoms with Crippen molar-refractivity contribution < 1.29 is 4.79 Å². The third-order valence-electron chi connectivity index (χ3n) is 3.64. The molecule has 1 aliphatic rings. The van der Waals surface area contributed by atoms with Gasteiger partial charge in [-0.2, -0.15) is 0 Å². The van der Waals surface area contributed by atoms with Gasteiger partial charge in [-0.05, 0) is 56.8 Å². The minimum atomic E-state index is 0.0872. The van der Waals surface area contributed by atoms with Crippen LogP contribution in [0.2, 0.25) is 0 Å². The Morgan fingerprint density at radius 3 is 2.35 bits per heavy atom. The summed E-state index contributed by atoms with van der Waals surface area (Å²) in [7, 11) is 2.17. The highest BCUT2D eigenvalue weighted by Gasteiger charge is 2.26. The summed E-state index contributed by atoms with van der Waals surface area (Å²) >= 11 is 0. The molecule has 0 atom stereocenters. The summed E-state index contributed by atoms with van der Waals surface area (Å²) in [6, 6.07) is 0.543. The van der Waals surface area contributed by atoms with Crippen LogP contribution in [-0.2, 0) is 0 Å². The van der Waals surface area contributed by atoms with Crippen LogP contribution in [0.1, 0.15) is 32.6 Å². The Morgan fingerprint density at radius 1 is 1.29 bits per heavy atom. The van der Waals surface area contributed by atoms with Crippen molar-refractivity contribution in [2.75, 3.05) is 31.9 Å². The van der Waals surface area contributed by atoms with E-state index in [2.05, 4.69) is 17.8 Å². The molecular formula is C13H28N2OS. The summed E-state index contributed by atoms with van der Waals surface area (Å²) in [6.07, 6.45) is 9.69. The highest BCUT2D eigenvalue weighted by Crippen LogP contribution is 2.32. The monoisotopic (exact) mass is 260 g/mol. The first-order valence-corrected chi connectivity index (χ1v) is 9.12. The van der Waals surface area contributed by atoms with Crippen LogP contribution in [-0.4, -0.2) is 48.8 Å². The standard InChI is InChI=1S/C13H28N2OS/c1-5-14-13(16)15(2)12-8-6-11(7-9-12)10-17(3)4/h11-12,17H,5-10H2,1-4H3,(H,14,16)/t11-,12-. The first-order valence-electron chi connectivity index (χ1n) is 6.70. The maximum atomic E-state index is 11.7. The number of hydrogen-bond donors (Lipinski definition) is 2. The number of amides is 2. The van der Waals surface area contributed by atoms with E-state index in [9.17, 15) is 4.79 Å². The Bertz CT molecular complexity index is 238. The van der Waals surface area contributed by atoms with Crippen molar-refractivity contribution in [1.29, 1.82) is 0 Å². The molecule has 0 radical (unpaired) electrons. The largest absolute Gasteiger partial charge is 0.338 e. The van der Waals surface area contributed by atoms with Crippen LogP contribution in [0.15, 0.2) is 0 Å². The lowest BCUT2D eigenvalue weighted by Crippen LogP contribution is -2.45. The molecule has 0 aromatic rings. The van der Waals surface area contributed by atoms with Gasteiger partial charge in [-0.3, -0.25) is 10.9 Å². The fourth-order valence-electron chi connectivity index (χ4n) is 2.67. The van der Waals surface area contributed by atoms with Crippen LogP contribution in [0, 0.1) is 5.92 Å². The molecular weight excluding hydrogens is 232 g/mol. The molecule has 1 N–H and O–H groups in total. The maximum Gasteiger partial charge on any atom is 0.317 e. The lowest BCUT2D eigenvalue weighted by molar-refractivity contribution is 0.165. The fraction of sp³-hybridized carbons (Fsp3) is 0.923. The zero-order valence-electron chi connectivity index (χ0n) is 11.7. The Labute approximate surface area is 109 Å². The number of hydrogen-bond acceptors (Lipinski definition) is 1. The highest BCUT2D eigenvalue weighted by molar-refractivity contribution is 8.15. The molecule has 0 saturated heterocycles. The van der Waals surface area contributed by atoms with Gasteiger partial charge in [0.05, 0.1) is 0 Å². The topological polar surface area (TPSA) is 32.3 Å². The normalized spacial score (nSPS) is 25.3. The average molecular weight is 260 g/mol. The SMILES string of the molecule is CCNC(=O)N(C)[C@H]1CC[C@H](C[SH](C)C)CC1. The molecule has 102 valence electrons. The van der Waals surface area contributed by atoms with E-state index in [0.29, 0.717) is 12.6 Å². The van der Waals surface area contributed by atoms with Crippen LogP contribution in [0.4, 0.5) is 4.79 Å². The number of thiol groups is 1. The van der Waals surface area contributed by atoms with Gasteiger partial charge >= 0.3 is 6.03 Å². The quantitative estimate of drug-likeness (QED) is 0.748. The van der Waals surface area contributed by atoms with Crippen molar-refractivity contribution in [3.05, 3.63) is 0 Å². The highest BCUT2D eigenvalue weighted by atomic mass is 32.2. The van der Waals surface area contributed by atoms with E-state index in [1.165, 1.54) is 31.4 Å². The van der Waals surface area contributed by atoms with Crippen molar-refractivity contribution >= 4 is 16.9 Å². The van der Waals surface area contributed by atoms with Crippen LogP contribution < -0.4 is 5.32 Å². The molecule has 1 saturated carbocycles. The first-order chi connectivity index (χ1) is 8.04. The molecule has 17 heavy (non-hydrogen) atoms. The van der Waals surface area contributed by atoms with Crippen molar-refractivity contribution in [2.24, 2.45) is 5.92 Å². The number of carbonyl (C=O) groups is 1. The summed E-state index contributed by atoms with van der Waals surface area (Å²) in [5.74, 6) is 2.32. The van der Waals surface area contributed by atoms with Crippen LogP contribution in [0.25, 0.3) is 0 Å². The van der Waals surface area contributed by atoms with Gasteiger partial charge in [0.2, 0.25) is 0 Å². The molecule has 4 heteroatoms. The number of urea groups is 1. The molecule has 1 aliphatic carbocycles. The Morgan fingerprint density at radius 2 is 1.88 bits per heavy atom. The number of rotatable bonds is 4. The molecule has 3 nitrogen and oxygen atoms in total. The molecule has 0 aromatic heterocycles. The van der Waals surface area contributed by atoms with E-state index in [0.717, 1.165) is 5.92 Å².